The average molecular weight is 344 g/mol. The third-order valence-electron chi connectivity index (χ3n) is 3.99. The Kier molecular flexibility index (Phi) is 4.97. The van der Waals surface area contributed by atoms with Gasteiger partial charge in [0.1, 0.15) is 11.6 Å². The van der Waals surface area contributed by atoms with Gasteiger partial charge in [-0.3, -0.25) is 14.9 Å². The Hall–Kier alpha value is -2.90. The highest BCUT2D eigenvalue weighted by atomic mass is 16.3. The number of aromatic nitrogens is 1. The Bertz CT molecular complexity index is 814. The van der Waals surface area contributed by atoms with E-state index >= 15 is 0 Å². The van der Waals surface area contributed by atoms with Crippen molar-refractivity contribution in [1.82, 2.24) is 20.9 Å². The van der Waals surface area contributed by atoms with Crippen molar-refractivity contribution in [2.24, 2.45) is 0 Å². The number of fused-ring (bicyclic) bond motifs is 1. The summed E-state index contributed by atoms with van der Waals surface area (Å²) >= 11 is 0. The Labute approximate surface area is 144 Å². The first-order valence-corrected chi connectivity index (χ1v) is 8.25. The highest BCUT2D eigenvalue weighted by Crippen LogP contribution is 2.17. The quantitative estimate of drug-likeness (QED) is 0.705. The molecule has 0 saturated carbocycles. The van der Waals surface area contributed by atoms with E-state index in [-0.39, 0.29) is 24.7 Å². The zero-order valence-electron chi connectivity index (χ0n) is 13.9. The largest absolute Gasteiger partial charge is 0.441 e. The van der Waals surface area contributed by atoms with Crippen LogP contribution in [0.2, 0.25) is 0 Å². The van der Waals surface area contributed by atoms with E-state index in [1.165, 1.54) is 0 Å². The monoisotopic (exact) mass is 344 g/mol. The third kappa shape index (κ3) is 4.34. The van der Waals surface area contributed by atoms with Crippen molar-refractivity contribution in [3.63, 3.8) is 0 Å². The van der Waals surface area contributed by atoms with E-state index in [0.29, 0.717) is 25.3 Å². The molecular weight excluding hydrogens is 324 g/mol. The van der Waals surface area contributed by atoms with E-state index in [9.17, 15) is 14.4 Å². The molecule has 1 saturated heterocycles. The number of nitrogens with one attached hydrogen (secondary N) is 3. The second-order valence-electron chi connectivity index (χ2n) is 6.09. The molecule has 8 heteroatoms. The molecule has 1 atom stereocenters. The molecule has 3 N–H and O–H groups in total. The van der Waals surface area contributed by atoms with Crippen LogP contribution < -0.4 is 16.0 Å². The number of imide groups is 1. The summed E-state index contributed by atoms with van der Waals surface area (Å²) < 4.78 is 5.69. The molecule has 0 unspecified atom stereocenters. The number of aryl methyl sites for hydroxylation is 2. The summed E-state index contributed by atoms with van der Waals surface area (Å²) in [5, 5.41) is 7.39. The standard InChI is InChI=1S/C17H20N4O4/c1-10-4-5-11-13(9-10)25-15(19-11)3-2-8-18-16(23)12-6-7-14(22)21-17(24)20-12/h4-5,9,12H,2-3,6-8H2,1H3,(H,18,23)(H2,20,21,22,24)/t12-/m0/s1. The Morgan fingerprint density at radius 1 is 1.40 bits per heavy atom. The number of oxazole rings is 1. The van der Waals surface area contributed by atoms with Crippen LogP contribution in [0, 0.1) is 6.92 Å². The molecular formula is C17H20N4O4. The fraction of sp³-hybridized carbons (Fsp3) is 0.412. The van der Waals surface area contributed by atoms with Gasteiger partial charge in [-0.2, -0.15) is 0 Å². The van der Waals surface area contributed by atoms with Crippen LogP contribution >= 0.6 is 0 Å². The summed E-state index contributed by atoms with van der Waals surface area (Å²) in [7, 11) is 0. The number of benzene rings is 1. The number of carbonyl (C=O) groups is 3. The lowest BCUT2D eigenvalue weighted by Crippen LogP contribution is -2.48. The normalized spacial score (nSPS) is 17.7. The zero-order valence-corrected chi connectivity index (χ0v) is 13.9. The topological polar surface area (TPSA) is 113 Å². The van der Waals surface area contributed by atoms with Crippen LogP contribution in [0.15, 0.2) is 22.6 Å². The van der Waals surface area contributed by atoms with Crippen LogP contribution in [0.25, 0.3) is 11.1 Å². The summed E-state index contributed by atoms with van der Waals surface area (Å²) in [6.45, 7) is 2.43. The van der Waals surface area contributed by atoms with Crippen molar-refractivity contribution in [2.45, 2.75) is 38.6 Å². The highest BCUT2D eigenvalue weighted by molar-refractivity contribution is 5.98. The van der Waals surface area contributed by atoms with Crippen LogP contribution in [0.5, 0.6) is 0 Å². The van der Waals surface area contributed by atoms with Gasteiger partial charge >= 0.3 is 6.03 Å². The van der Waals surface area contributed by atoms with Crippen molar-refractivity contribution < 1.29 is 18.8 Å². The summed E-state index contributed by atoms with van der Waals surface area (Å²) in [6, 6.07) is 4.51. The lowest BCUT2D eigenvalue weighted by molar-refractivity contribution is -0.123. The van der Waals surface area contributed by atoms with Gasteiger partial charge in [0, 0.05) is 19.4 Å². The zero-order chi connectivity index (χ0) is 17.8. The number of rotatable bonds is 5. The summed E-state index contributed by atoms with van der Waals surface area (Å²) in [6.07, 6.45) is 1.69. The molecule has 1 aliphatic heterocycles. The van der Waals surface area contributed by atoms with E-state index in [1.807, 2.05) is 25.1 Å². The van der Waals surface area contributed by atoms with E-state index < -0.39 is 12.1 Å². The number of carbonyl (C=O) groups excluding carboxylic acids is 3. The summed E-state index contributed by atoms with van der Waals surface area (Å²) in [5.74, 6) is -0.0375. The van der Waals surface area contributed by atoms with Gasteiger partial charge in [-0.25, -0.2) is 9.78 Å². The van der Waals surface area contributed by atoms with E-state index in [4.69, 9.17) is 4.42 Å². The van der Waals surface area contributed by atoms with Gasteiger partial charge in [0.25, 0.3) is 0 Å². The molecule has 1 aliphatic rings. The maximum absolute atomic E-state index is 12.1. The molecule has 1 fully saturated rings. The fourth-order valence-corrected chi connectivity index (χ4v) is 2.69. The molecule has 1 aromatic heterocycles. The third-order valence-corrected chi connectivity index (χ3v) is 3.99. The van der Waals surface area contributed by atoms with Gasteiger partial charge < -0.3 is 15.1 Å². The summed E-state index contributed by atoms with van der Waals surface area (Å²) in [5.41, 5.74) is 2.70. The van der Waals surface area contributed by atoms with Crippen LogP contribution in [0.3, 0.4) is 0 Å². The van der Waals surface area contributed by atoms with Gasteiger partial charge in [-0.15, -0.1) is 0 Å². The van der Waals surface area contributed by atoms with Gasteiger partial charge in [-0.05, 0) is 37.5 Å². The van der Waals surface area contributed by atoms with Crippen LogP contribution in [0.4, 0.5) is 4.79 Å². The molecule has 0 spiro atoms. The van der Waals surface area contributed by atoms with Crippen molar-refractivity contribution in [3.8, 4) is 0 Å². The van der Waals surface area contributed by atoms with Crippen LogP contribution in [-0.2, 0) is 16.0 Å². The second kappa shape index (κ2) is 7.33. The Balaban J connectivity index is 1.46. The average Bonchev–Trinajstić information content (AvgIpc) is 2.88. The Morgan fingerprint density at radius 3 is 3.08 bits per heavy atom. The number of nitrogens with zero attached hydrogens (tertiary/aromatic N) is 1. The molecule has 2 aromatic rings. The molecule has 25 heavy (non-hydrogen) atoms. The fourth-order valence-electron chi connectivity index (χ4n) is 2.69. The first kappa shape index (κ1) is 16.9. The molecule has 4 amide bonds. The SMILES string of the molecule is Cc1ccc2nc(CCCNC(=O)[C@@H]3CCC(=O)NC(=O)N3)oc2c1. The molecule has 8 nitrogen and oxygen atoms in total. The number of urea groups is 1. The first-order valence-electron chi connectivity index (χ1n) is 8.25. The molecule has 1 aromatic carbocycles. The molecule has 0 bridgehead atoms. The highest BCUT2D eigenvalue weighted by Gasteiger charge is 2.25. The minimum atomic E-state index is -0.696. The molecule has 3 rings (SSSR count). The number of hydrogen-bond donors (Lipinski definition) is 3. The lowest BCUT2D eigenvalue weighted by atomic mass is 10.1. The smallest absolute Gasteiger partial charge is 0.322 e. The molecule has 2 heterocycles. The van der Waals surface area contributed by atoms with E-state index in [0.717, 1.165) is 16.7 Å². The lowest BCUT2D eigenvalue weighted by Gasteiger charge is -2.14. The predicted molar refractivity (Wildman–Crippen MR) is 89.8 cm³/mol. The first-order chi connectivity index (χ1) is 12.0. The summed E-state index contributed by atoms with van der Waals surface area (Å²) in [4.78, 5) is 39.1. The van der Waals surface area contributed by atoms with Crippen LogP contribution in [-0.4, -0.2) is 35.4 Å². The number of amides is 4. The van der Waals surface area contributed by atoms with Crippen molar-refractivity contribution in [3.05, 3.63) is 29.7 Å². The number of hydrogen-bond acceptors (Lipinski definition) is 5. The minimum Gasteiger partial charge on any atom is -0.441 e. The maximum atomic E-state index is 12.1. The van der Waals surface area contributed by atoms with Gasteiger partial charge in [0.2, 0.25) is 11.8 Å². The molecule has 132 valence electrons. The minimum absolute atomic E-state index is 0.138. The molecule has 0 aliphatic carbocycles. The maximum Gasteiger partial charge on any atom is 0.322 e. The van der Waals surface area contributed by atoms with E-state index in [1.54, 1.807) is 0 Å². The van der Waals surface area contributed by atoms with E-state index in [2.05, 4.69) is 20.9 Å². The van der Waals surface area contributed by atoms with Crippen LogP contribution in [0.1, 0.15) is 30.7 Å². The Morgan fingerprint density at radius 2 is 2.24 bits per heavy atom. The predicted octanol–water partition coefficient (Wildman–Crippen LogP) is 1.17. The second-order valence-corrected chi connectivity index (χ2v) is 6.09. The van der Waals surface area contributed by atoms with Gasteiger partial charge in [0.05, 0.1) is 0 Å². The van der Waals surface area contributed by atoms with Crippen molar-refractivity contribution in [2.75, 3.05) is 6.54 Å². The van der Waals surface area contributed by atoms with Crippen molar-refractivity contribution in [1.29, 1.82) is 0 Å². The van der Waals surface area contributed by atoms with Gasteiger partial charge in [0.15, 0.2) is 11.5 Å². The van der Waals surface area contributed by atoms with Gasteiger partial charge in [-0.1, -0.05) is 6.07 Å². The molecule has 0 radical (unpaired) electrons. The van der Waals surface area contributed by atoms with Crippen molar-refractivity contribution >= 4 is 28.9 Å².